The van der Waals surface area contributed by atoms with E-state index in [4.69, 9.17) is 9.73 Å². The zero-order valence-electron chi connectivity index (χ0n) is 22.8. The minimum atomic E-state index is -0.879. The summed E-state index contributed by atoms with van der Waals surface area (Å²) in [6.45, 7) is 6.62. The summed E-state index contributed by atoms with van der Waals surface area (Å²) in [6.07, 6.45) is 1.96. The van der Waals surface area contributed by atoms with Crippen LogP contribution in [-0.2, 0) is 15.0 Å². The third-order valence-corrected chi connectivity index (χ3v) is 9.07. The van der Waals surface area contributed by atoms with Gasteiger partial charge < -0.3 is 4.74 Å². The van der Waals surface area contributed by atoms with Crippen LogP contribution in [0.5, 0.6) is 5.75 Å². The van der Waals surface area contributed by atoms with Gasteiger partial charge in [0.15, 0.2) is 0 Å². The molecule has 4 aromatic carbocycles. The van der Waals surface area contributed by atoms with E-state index in [1.165, 1.54) is 4.90 Å². The van der Waals surface area contributed by atoms with Crippen molar-refractivity contribution >= 4 is 29.4 Å². The van der Waals surface area contributed by atoms with Gasteiger partial charge in [-0.25, -0.2) is 4.90 Å². The van der Waals surface area contributed by atoms with E-state index < -0.39 is 17.3 Å². The second-order valence-corrected chi connectivity index (χ2v) is 10.9. The molecule has 1 aliphatic heterocycles. The molecule has 198 valence electrons. The predicted molar refractivity (Wildman–Crippen MR) is 157 cm³/mol. The number of hydrogen-bond donors (Lipinski definition) is 0. The number of rotatable bonds is 5. The molecule has 5 heteroatoms. The van der Waals surface area contributed by atoms with Crippen molar-refractivity contribution in [1.82, 2.24) is 0 Å². The molecule has 5 nitrogen and oxygen atoms in total. The van der Waals surface area contributed by atoms with Gasteiger partial charge in [-0.2, -0.15) is 0 Å². The number of carbonyl (C=O) groups excluding carboxylic acids is 2. The normalized spacial score (nSPS) is 24.3. The number of anilines is 1. The molecule has 0 radical (unpaired) electrons. The van der Waals surface area contributed by atoms with E-state index in [-0.39, 0.29) is 17.7 Å². The molecule has 0 N–H and O–H groups in total. The third kappa shape index (κ3) is 3.24. The number of amides is 2. The van der Waals surface area contributed by atoms with Gasteiger partial charge in [0.25, 0.3) is 0 Å². The van der Waals surface area contributed by atoms with E-state index in [2.05, 4.69) is 44.2 Å². The molecule has 2 amide bonds. The summed E-state index contributed by atoms with van der Waals surface area (Å²) in [6, 6.07) is 29.9. The average Bonchev–Trinajstić information content (AvgIpc) is 3.25. The second kappa shape index (κ2) is 9.02. The number of nitrogens with zero attached hydrogens (tertiary/aromatic N) is 2. The Bertz CT molecular complexity index is 1660. The van der Waals surface area contributed by atoms with Gasteiger partial charge in [0.05, 0.1) is 35.2 Å². The monoisotopic (exact) mass is 526 g/mol. The van der Waals surface area contributed by atoms with Crippen molar-refractivity contribution in [1.29, 1.82) is 0 Å². The molecule has 8 rings (SSSR count). The lowest BCUT2D eigenvalue weighted by Crippen LogP contribution is -2.54. The van der Waals surface area contributed by atoms with E-state index >= 15 is 0 Å². The maximum absolute atomic E-state index is 14.5. The summed E-state index contributed by atoms with van der Waals surface area (Å²) in [4.78, 5) is 35.3. The van der Waals surface area contributed by atoms with Crippen LogP contribution < -0.4 is 9.64 Å². The Kier molecular flexibility index (Phi) is 5.53. The molecule has 3 aliphatic carbocycles. The number of ether oxygens (including phenoxy) is 1. The number of aryl methyl sites for hydroxylation is 1. The fourth-order valence-corrected chi connectivity index (χ4v) is 7.21. The van der Waals surface area contributed by atoms with Crippen molar-refractivity contribution in [2.75, 3.05) is 11.5 Å². The van der Waals surface area contributed by atoms with Crippen LogP contribution in [0, 0.1) is 25.7 Å². The lowest BCUT2D eigenvalue weighted by Gasteiger charge is -2.52. The number of hydrogen-bond acceptors (Lipinski definition) is 4. The first-order chi connectivity index (χ1) is 19.5. The fraction of sp³-hybridized carbons (Fsp3) is 0.229. The van der Waals surface area contributed by atoms with E-state index in [1.54, 1.807) is 12.1 Å². The number of imide groups is 1. The summed E-state index contributed by atoms with van der Waals surface area (Å²) in [5.41, 5.74) is 7.14. The summed E-state index contributed by atoms with van der Waals surface area (Å²) in [7, 11) is 0. The maximum atomic E-state index is 14.5. The van der Waals surface area contributed by atoms with Crippen molar-refractivity contribution in [3.63, 3.8) is 0 Å². The molecular formula is C35H30N2O3. The van der Waals surface area contributed by atoms with Gasteiger partial charge in [-0.1, -0.05) is 60.7 Å². The molecule has 0 aromatic heterocycles. The summed E-state index contributed by atoms with van der Waals surface area (Å²) in [5.74, 6) is -0.945. The van der Waals surface area contributed by atoms with Gasteiger partial charge in [0, 0.05) is 12.1 Å². The first-order valence-corrected chi connectivity index (χ1v) is 13.9. The van der Waals surface area contributed by atoms with Crippen molar-refractivity contribution in [2.45, 2.75) is 32.1 Å². The molecule has 0 unspecified atom stereocenters. The Labute approximate surface area is 234 Å². The van der Waals surface area contributed by atoms with Crippen LogP contribution in [0.2, 0.25) is 0 Å². The highest BCUT2D eigenvalue weighted by atomic mass is 16.5. The molecule has 1 fully saturated rings. The zero-order valence-corrected chi connectivity index (χ0v) is 22.8. The van der Waals surface area contributed by atoms with E-state index in [0.29, 0.717) is 18.0 Å². The zero-order chi connectivity index (χ0) is 27.6. The smallest absolute Gasteiger partial charge is 0.239 e. The highest BCUT2D eigenvalue weighted by Crippen LogP contribution is 2.63. The largest absolute Gasteiger partial charge is 0.494 e. The molecule has 4 aromatic rings. The van der Waals surface area contributed by atoms with Crippen LogP contribution in [0.25, 0.3) is 0 Å². The van der Waals surface area contributed by atoms with Crippen LogP contribution in [0.4, 0.5) is 11.4 Å². The molecule has 2 bridgehead atoms. The maximum Gasteiger partial charge on any atom is 0.239 e. The first kappa shape index (κ1) is 24.5. The number of benzene rings is 4. The predicted octanol–water partition coefficient (Wildman–Crippen LogP) is 6.66. The van der Waals surface area contributed by atoms with Crippen LogP contribution in [0.1, 0.15) is 46.2 Å². The van der Waals surface area contributed by atoms with Crippen molar-refractivity contribution in [2.24, 2.45) is 16.8 Å². The van der Waals surface area contributed by atoms with Gasteiger partial charge in [-0.3, -0.25) is 14.6 Å². The quantitative estimate of drug-likeness (QED) is 0.216. The van der Waals surface area contributed by atoms with Crippen LogP contribution >= 0.6 is 0 Å². The first-order valence-electron chi connectivity index (χ1n) is 13.9. The molecule has 2 atom stereocenters. The van der Waals surface area contributed by atoms with Crippen LogP contribution in [0.3, 0.4) is 0 Å². The minimum absolute atomic E-state index is 0.155. The molecular weight excluding hydrogens is 496 g/mol. The summed E-state index contributed by atoms with van der Waals surface area (Å²) in [5, 5.41) is 0. The fourth-order valence-electron chi connectivity index (χ4n) is 7.21. The molecule has 40 heavy (non-hydrogen) atoms. The Morgan fingerprint density at radius 3 is 2.12 bits per heavy atom. The Hall–Kier alpha value is -4.51. The van der Waals surface area contributed by atoms with E-state index in [1.807, 2.05) is 61.7 Å². The summed E-state index contributed by atoms with van der Waals surface area (Å²) >= 11 is 0. The highest BCUT2D eigenvalue weighted by molar-refractivity contribution is 6.25. The van der Waals surface area contributed by atoms with Crippen LogP contribution in [0.15, 0.2) is 96.0 Å². The third-order valence-electron chi connectivity index (χ3n) is 9.07. The minimum Gasteiger partial charge on any atom is -0.494 e. The molecule has 1 heterocycles. The average molecular weight is 527 g/mol. The van der Waals surface area contributed by atoms with Crippen LogP contribution in [-0.4, -0.2) is 24.6 Å². The molecule has 0 saturated carbocycles. The Balaban J connectivity index is 1.46. The molecule has 0 spiro atoms. The second-order valence-electron chi connectivity index (χ2n) is 10.9. The van der Waals surface area contributed by atoms with Crippen molar-refractivity contribution in [3.05, 3.63) is 124 Å². The number of aliphatic imine (C=N–C) groups is 1. The van der Waals surface area contributed by atoms with Gasteiger partial charge in [0.2, 0.25) is 11.8 Å². The van der Waals surface area contributed by atoms with Crippen molar-refractivity contribution < 1.29 is 14.3 Å². The van der Waals surface area contributed by atoms with Gasteiger partial charge in [-0.15, -0.1) is 0 Å². The standard InChI is InChI=1S/C35H30N2O3/c1-4-40-24-18-16-23(17-19-24)37-33(38)31-30-25-11-5-7-13-27(25)35(32(31)34(37)39,28-14-8-6-12-26(28)30)20-36-29-15-9-10-21(2)22(29)3/h5-20,30-32H,4H2,1-3H3/t30?,31-,32+,35?/m0/s1. The molecule has 1 saturated heterocycles. The Morgan fingerprint density at radius 1 is 0.825 bits per heavy atom. The van der Waals surface area contributed by atoms with E-state index in [9.17, 15) is 9.59 Å². The van der Waals surface area contributed by atoms with E-state index in [0.717, 1.165) is 39.1 Å². The summed E-state index contributed by atoms with van der Waals surface area (Å²) < 4.78 is 5.60. The molecule has 4 aliphatic rings. The van der Waals surface area contributed by atoms with Crippen molar-refractivity contribution in [3.8, 4) is 5.75 Å². The lowest BCUT2D eigenvalue weighted by atomic mass is 9.47. The Morgan fingerprint density at radius 2 is 1.48 bits per heavy atom. The number of carbonyl (C=O) groups is 2. The van der Waals surface area contributed by atoms with Gasteiger partial charge in [-0.05, 0) is 84.5 Å². The highest BCUT2D eigenvalue weighted by Gasteiger charge is 2.67. The SMILES string of the molecule is CCOc1ccc(N2C(=O)[C@H]3C4c5ccccc5C(C=Nc5cccc(C)c5C)(c5ccccc54)[C@H]3C2=O)cc1. The topological polar surface area (TPSA) is 59.0 Å². The lowest BCUT2D eigenvalue weighted by molar-refractivity contribution is -0.122. The van der Waals surface area contributed by atoms with Gasteiger partial charge >= 0.3 is 0 Å². The van der Waals surface area contributed by atoms with Gasteiger partial charge in [0.1, 0.15) is 5.75 Å².